The van der Waals surface area contributed by atoms with E-state index in [0.717, 1.165) is 5.56 Å². The number of hydrogen-bond donors (Lipinski definition) is 2. The number of carbonyl (C=O) groups excluding carboxylic acids is 2. The number of hydrogen-bond acceptors (Lipinski definition) is 3. The van der Waals surface area contributed by atoms with Gasteiger partial charge in [0.05, 0.1) is 5.25 Å². The van der Waals surface area contributed by atoms with E-state index in [1.54, 1.807) is 0 Å². The highest BCUT2D eigenvalue weighted by Gasteiger charge is 2.23. The van der Waals surface area contributed by atoms with Gasteiger partial charge < -0.3 is 5.73 Å². The molecule has 0 radical (unpaired) electrons. The molecular formula is C13H17ClN2O2S. The minimum absolute atomic E-state index is 0.108. The van der Waals surface area contributed by atoms with Crippen LogP contribution in [0, 0.1) is 5.92 Å². The fourth-order valence-electron chi connectivity index (χ4n) is 1.53. The van der Waals surface area contributed by atoms with Gasteiger partial charge in [0.15, 0.2) is 0 Å². The Morgan fingerprint density at radius 2 is 1.89 bits per heavy atom. The number of nitrogens with one attached hydrogen (secondary N) is 1. The van der Waals surface area contributed by atoms with E-state index in [-0.39, 0.29) is 17.1 Å². The van der Waals surface area contributed by atoms with E-state index >= 15 is 0 Å². The van der Waals surface area contributed by atoms with Gasteiger partial charge in [0.2, 0.25) is 5.91 Å². The fraction of sp³-hybridized carbons (Fsp3) is 0.385. The Bertz CT molecular complexity index is 448. The van der Waals surface area contributed by atoms with E-state index in [2.05, 4.69) is 5.32 Å². The Kier molecular flexibility index (Phi) is 6.18. The summed E-state index contributed by atoms with van der Waals surface area (Å²) < 4.78 is 0. The van der Waals surface area contributed by atoms with E-state index in [4.69, 9.17) is 17.3 Å². The number of imide groups is 1. The predicted octanol–water partition coefficient (Wildman–Crippen LogP) is 2.79. The summed E-state index contributed by atoms with van der Waals surface area (Å²) in [6.45, 7) is 3.86. The monoisotopic (exact) mass is 300 g/mol. The maximum absolute atomic E-state index is 11.8. The Hall–Kier alpha value is -1.20. The number of thioether (sulfide) groups is 1. The summed E-state index contributed by atoms with van der Waals surface area (Å²) in [7, 11) is 0. The lowest BCUT2D eigenvalue weighted by atomic mass is 10.1. The van der Waals surface area contributed by atoms with Gasteiger partial charge in [-0.15, -0.1) is 11.8 Å². The molecule has 0 saturated carbocycles. The highest BCUT2D eigenvalue weighted by Crippen LogP contribution is 2.24. The van der Waals surface area contributed by atoms with Crippen molar-refractivity contribution in [1.82, 2.24) is 5.32 Å². The van der Waals surface area contributed by atoms with Crippen LogP contribution in [0.15, 0.2) is 24.3 Å². The average molecular weight is 301 g/mol. The first kappa shape index (κ1) is 15.9. The Morgan fingerprint density at radius 3 is 2.37 bits per heavy atom. The molecule has 1 aromatic carbocycles. The van der Waals surface area contributed by atoms with Crippen molar-refractivity contribution in [1.29, 1.82) is 0 Å². The molecule has 3 N–H and O–H groups in total. The van der Waals surface area contributed by atoms with Crippen LogP contribution in [0.3, 0.4) is 0 Å². The van der Waals surface area contributed by atoms with E-state index in [9.17, 15) is 9.59 Å². The van der Waals surface area contributed by atoms with Crippen molar-refractivity contribution in [2.24, 2.45) is 11.7 Å². The number of amides is 3. The average Bonchev–Trinajstić information content (AvgIpc) is 2.30. The quantitative estimate of drug-likeness (QED) is 0.878. The van der Waals surface area contributed by atoms with Crippen LogP contribution in [0.1, 0.15) is 19.4 Å². The van der Waals surface area contributed by atoms with Crippen molar-refractivity contribution in [2.45, 2.75) is 24.9 Å². The molecule has 0 aliphatic rings. The first-order chi connectivity index (χ1) is 8.90. The zero-order valence-electron chi connectivity index (χ0n) is 10.9. The van der Waals surface area contributed by atoms with Crippen LogP contribution in [0.4, 0.5) is 4.79 Å². The van der Waals surface area contributed by atoms with Crippen LogP contribution in [-0.4, -0.2) is 17.2 Å². The highest BCUT2D eigenvalue weighted by molar-refractivity contribution is 7.99. The number of primary amides is 1. The third-order valence-corrected chi connectivity index (χ3v) is 4.32. The van der Waals surface area contributed by atoms with E-state index < -0.39 is 6.03 Å². The Labute approximate surface area is 122 Å². The molecule has 3 amide bonds. The fourth-order valence-corrected chi connectivity index (χ4v) is 2.82. The number of nitrogens with two attached hydrogens (primary N) is 1. The molecule has 4 nitrogen and oxygen atoms in total. The second kappa shape index (κ2) is 7.40. The molecule has 0 aliphatic heterocycles. The molecule has 0 aliphatic carbocycles. The molecular weight excluding hydrogens is 284 g/mol. The van der Waals surface area contributed by atoms with Gasteiger partial charge in [-0.3, -0.25) is 10.1 Å². The van der Waals surface area contributed by atoms with Crippen molar-refractivity contribution in [3.63, 3.8) is 0 Å². The first-order valence-corrected chi connectivity index (χ1v) is 7.29. The predicted molar refractivity (Wildman–Crippen MR) is 79.1 cm³/mol. The summed E-state index contributed by atoms with van der Waals surface area (Å²) in [6, 6.07) is 6.64. The van der Waals surface area contributed by atoms with Crippen LogP contribution in [0.25, 0.3) is 0 Å². The van der Waals surface area contributed by atoms with Gasteiger partial charge >= 0.3 is 6.03 Å². The van der Waals surface area contributed by atoms with Gasteiger partial charge in [-0.25, -0.2) is 4.79 Å². The number of urea groups is 1. The second-order valence-electron chi connectivity index (χ2n) is 4.46. The Morgan fingerprint density at radius 1 is 1.32 bits per heavy atom. The summed E-state index contributed by atoms with van der Waals surface area (Å²) in [6.07, 6.45) is 0. The van der Waals surface area contributed by atoms with E-state index in [1.807, 2.05) is 38.1 Å². The van der Waals surface area contributed by atoms with Crippen molar-refractivity contribution in [3.05, 3.63) is 34.9 Å². The maximum Gasteiger partial charge on any atom is 0.318 e. The van der Waals surface area contributed by atoms with Gasteiger partial charge in [-0.05, 0) is 23.6 Å². The third-order valence-electron chi connectivity index (χ3n) is 2.45. The zero-order valence-corrected chi connectivity index (χ0v) is 12.4. The number of rotatable bonds is 5. The molecule has 0 bridgehead atoms. The van der Waals surface area contributed by atoms with Gasteiger partial charge in [0.1, 0.15) is 0 Å². The Balaban J connectivity index is 2.61. The normalized spacial score (nSPS) is 12.2. The molecule has 1 rings (SSSR count). The first-order valence-electron chi connectivity index (χ1n) is 5.86. The van der Waals surface area contributed by atoms with Crippen LogP contribution >= 0.6 is 23.4 Å². The van der Waals surface area contributed by atoms with Crippen LogP contribution in [0.5, 0.6) is 0 Å². The van der Waals surface area contributed by atoms with Crippen molar-refractivity contribution in [3.8, 4) is 0 Å². The molecule has 1 aromatic rings. The molecule has 0 saturated heterocycles. The summed E-state index contributed by atoms with van der Waals surface area (Å²) >= 11 is 7.29. The minimum Gasteiger partial charge on any atom is -0.351 e. The largest absolute Gasteiger partial charge is 0.351 e. The lowest BCUT2D eigenvalue weighted by molar-refractivity contribution is -0.120. The minimum atomic E-state index is -0.817. The summed E-state index contributed by atoms with van der Waals surface area (Å²) in [5, 5.41) is 2.49. The molecule has 104 valence electrons. The molecule has 0 spiro atoms. The topological polar surface area (TPSA) is 72.2 Å². The molecule has 0 heterocycles. The van der Waals surface area contributed by atoms with Crippen molar-refractivity contribution >= 4 is 35.3 Å². The van der Waals surface area contributed by atoms with Crippen molar-refractivity contribution in [2.75, 3.05) is 0 Å². The summed E-state index contributed by atoms with van der Waals surface area (Å²) in [4.78, 5) is 22.5. The molecule has 0 unspecified atom stereocenters. The van der Waals surface area contributed by atoms with Gasteiger partial charge in [0, 0.05) is 10.8 Å². The standard InChI is InChI=1S/C13H17ClN2O2S/c1-8(2)11(12(17)16-13(15)18)19-7-9-3-5-10(14)6-4-9/h3-6,8,11H,7H2,1-2H3,(H3,15,16,17,18)/t11-/m0/s1. The van der Waals surface area contributed by atoms with E-state index in [0.29, 0.717) is 10.8 Å². The molecule has 0 fully saturated rings. The molecule has 1 atom stereocenters. The highest BCUT2D eigenvalue weighted by atomic mass is 35.5. The van der Waals surface area contributed by atoms with Crippen LogP contribution in [0.2, 0.25) is 5.02 Å². The van der Waals surface area contributed by atoms with Crippen LogP contribution in [-0.2, 0) is 10.5 Å². The van der Waals surface area contributed by atoms with Gasteiger partial charge in [0.25, 0.3) is 0 Å². The molecule has 19 heavy (non-hydrogen) atoms. The van der Waals surface area contributed by atoms with Crippen molar-refractivity contribution < 1.29 is 9.59 Å². The number of halogens is 1. The van der Waals surface area contributed by atoms with Crippen LogP contribution < -0.4 is 11.1 Å². The zero-order chi connectivity index (χ0) is 14.4. The number of carbonyl (C=O) groups is 2. The van der Waals surface area contributed by atoms with Gasteiger partial charge in [-0.2, -0.15) is 0 Å². The third kappa shape index (κ3) is 5.53. The summed E-state index contributed by atoms with van der Waals surface area (Å²) in [5.41, 5.74) is 6.04. The maximum atomic E-state index is 11.8. The smallest absolute Gasteiger partial charge is 0.318 e. The molecule has 0 aromatic heterocycles. The summed E-state index contributed by atoms with van der Waals surface area (Å²) in [5.74, 6) is 0.435. The van der Waals surface area contributed by atoms with Gasteiger partial charge in [-0.1, -0.05) is 37.6 Å². The molecule has 6 heteroatoms. The SMILES string of the molecule is CC(C)[C@H](SCc1ccc(Cl)cc1)C(=O)NC(N)=O. The number of benzene rings is 1. The van der Waals surface area contributed by atoms with E-state index in [1.165, 1.54) is 11.8 Å². The lowest BCUT2D eigenvalue weighted by Crippen LogP contribution is -2.42. The lowest BCUT2D eigenvalue weighted by Gasteiger charge is -2.18. The second-order valence-corrected chi connectivity index (χ2v) is 6.02.